The summed E-state index contributed by atoms with van der Waals surface area (Å²) in [7, 11) is 1.67. The van der Waals surface area contributed by atoms with Crippen LogP contribution in [0.2, 0.25) is 0 Å². The molecule has 102 valence electrons. The number of ether oxygens (including phenoxy) is 2. The molecule has 1 unspecified atom stereocenters. The Hall–Kier alpha value is -1.22. The van der Waals surface area contributed by atoms with Gasteiger partial charge in [0.05, 0.1) is 13.7 Å². The molecule has 1 N–H and O–H groups in total. The average Bonchev–Trinajstić information content (AvgIpc) is 2.39. The van der Waals surface area contributed by atoms with Gasteiger partial charge in [0.15, 0.2) is 0 Å². The van der Waals surface area contributed by atoms with Gasteiger partial charge in [-0.05, 0) is 57.0 Å². The van der Waals surface area contributed by atoms with Crippen molar-refractivity contribution in [2.24, 2.45) is 0 Å². The van der Waals surface area contributed by atoms with Crippen LogP contribution in [0.1, 0.15) is 33.1 Å². The van der Waals surface area contributed by atoms with Gasteiger partial charge in [-0.25, -0.2) is 0 Å². The number of hydrogen-bond donors (Lipinski definition) is 1. The van der Waals surface area contributed by atoms with Gasteiger partial charge in [0.2, 0.25) is 0 Å². The summed E-state index contributed by atoms with van der Waals surface area (Å²) in [6.07, 6.45) is 3.51. The largest absolute Gasteiger partial charge is 0.497 e. The van der Waals surface area contributed by atoms with Crippen molar-refractivity contribution < 1.29 is 9.47 Å². The Bertz CT molecular complexity index is 311. The summed E-state index contributed by atoms with van der Waals surface area (Å²) in [4.78, 5) is 0. The first-order chi connectivity index (χ1) is 8.76. The number of benzene rings is 1. The van der Waals surface area contributed by atoms with E-state index in [0.29, 0.717) is 6.04 Å². The molecule has 0 aliphatic carbocycles. The zero-order valence-corrected chi connectivity index (χ0v) is 11.7. The van der Waals surface area contributed by atoms with E-state index in [1.54, 1.807) is 7.11 Å². The molecule has 0 saturated carbocycles. The van der Waals surface area contributed by atoms with Crippen molar-refractivity contribution in [3.63, 3.8) is 0 Å². The fourth-order valence-electron chi connectivity index (χ4n) is 1.87. The smallest absolute Gasteiger partial charge is 0.119 e. The van der Waals surface area contributed by atoms with Crippen molar-refractivity contribution in [1.82, 2.24) is 5.32 Å². The lowest BCUT2D eigenvalue weighted by atomic mass is 10.1. The molecule has 1 aromatic rings. The third-order valence-corrected chi connectivity index (χ3v) is 2.91. The van der Waals surface area contributed by atoms with Crippen LogP contribution in [-0.2, 0) is 0 Å². The average molecular weight is 251 g/mol. The van der Waals surface area contributed by atoms with Gasteiger partial charge in [-0.15, -0.1) is 0 Å². The van der Waals surface area contributed by atoms with Gasteiger partial charge in [-0.2, -0.15) is 0 Å². The second-order valence-corrected chi connectivity index (χ2v) is 4.48. The Kier molecular flexibility index (Phi) is 7.26. The van der Waals surface area contributed by atoms with Crippen molar-refractivity contribution >= 4 is 0 Å². The predicted octanol–water partition coefficient (Wildman–Crippen LogP) is 3.24. The maximum Gasteiger partial charge on any atom is 0.119 e. The van der Waals surface area contributed by atoms with E-state index in [0.717, 1.165) is 31.1 Å². The fraction of sp³-hybridized carbons (Fsp3) is 0.600. The third-order valence-electron chi connectivity index (χ3n) is 2.91. The van der Waals surface area contributed by atoms with Crippen molar-refractivity contribution in [3.8, 4) is 11.5 Å². The molecule has 0 aliphatic rings. The molecule has 0 aromatic heterocycles. The minimum absolute atomic E-state index is 0.607. The number of hydrogen-bond acceptors (Lipinski definition) is 3. The third kappa shape index (κ3) is 5.92. The van der Waals surface area contributed by atoms with Gasteiger partial charge in [-0.1, -0.05) is 6.92 Å². The molecule has 0 bridgehead atoms. The van der Waals surface area contributed by atoms with E-state index in [-0.39, 0.29) is 0 Å². The van der Waals surface area contributed by atoms with Gasteiger partial charge in [0, 0.05) is 6.04 Å². The predicted molar refractivity (Wildman–Crippen MR) is 75.5 cm³/mol. The summed E-state index contributed by atoms with van der Waals surface area (Å²) in [5.74, 6) is 1.78. The molecule has 3 heteroatoms. The van der Waals surface area contributed by atoms with Crippen molar-refractivity contribution in [1.29, 1.82) is 0 Å². The highest BCUT2D eigenvalue weighted by Crippen LogP contribution is 2.17. The maximum atomic E-state index is 5.67. The van der Waals surface area contributed by atoms with E-state index in [2.05, 4.69) is 19.2 Å². The van der Waals surface area contributed by atoms with E-state index < -0.39 is 0 Å². The van der Waals surface area contributed by atoms with Gasteiger partial charge in [0.25, 0.3) is 0 Å². The lowest BCUT2D eigenvalue weighted by Gasteiger charge is -2.12. The van der Waals surface area contributed by atoms with Crippen LogP contribution < -0.4 is 14.8 Å². The Morgan fingerprint density at radius 2 is 1.78 bits per heavy atom. The molecule has 0 fully saturated rings. The molecule has 0 radical (unpaired) electrons. The zero-order chi connectivity index (χ0) is 13.2. The number of nitrogens with one attached hydrogen (secondary N) is 1. The monoisotopic (exact) mass is 251 g/mol. The van der Waals surface area contributed by atoms with Gasteiger partial charge in [0.1, 0.15) is 11.5 Å². The maximum absolute atomic E-state index is 5.67. The quantitative estimate of drug-likeness (QED) is 0.683. The van der Waals surface area contributed by atoms with Crippen molar-refractivity contribution in [3.05, 3.63) is 24.3 Å². The lowest BCUT2D eigenvalue weighted by Crippen LogP contribution is -2.25. The van der Waals surface area contributed by atoms with Crippen LogP contribution in [0.25, 0.3) is 0 Å². The van der Waals surface area contributed by atoms with Crippen LogP contribution in [0.5, 0.6) is 11.5 Å². The Morgan fingerprint density at radius 3 is 2.39 bits per heavy atom. The summed E-state index contributed by atoms with van der Waals surface area (Å²) in [6, 6.07) is 8.33. The fourth-order valence-corrected chi connectivity index (χ4v) is 1.87. The lowest BCUT2D eigenvalue weighted by molar-refractivity contribution is 0.301. The molecular formula is C15H25NO2. The van der Waals surface area contributed by atoms with E-state index in [1.165, 1.54) is 12.8 Å². The molecule has 0 amide bonds. The van der Waals surface area contributed by atoms with Crippen LogP contribution in [0.3, 0.4) is 0 Å². The second-order valence-electron chi connectivity index (χ2n) is 4.48. The van der Waals surface area contributed by atoms with Gasteiger partial charge < -0.3 is 14.8 Å². The topological polar surface area (TPSA) is 30.5 Å². The van der Waals surface area contributed by atoms with Gasteiger partial charge >= 0.3 is 0 Å². The van der Waals surface area contributed by atoms with Crippen LogP contribution in [0.15, 0.2) is 24.3 Å². The van der Waals surface area contributed by atoms with E-state index >= 15 is 0 Å². The van der Waals surface area contributed by atoms with Crippen LogP contribution in [0, 0.1) is 0 Å². The summed E-state index contributed by atoms with van der Waals surface area (Å²) in [5, 5.41) is 3.41. The summed E-state index contributed by atoms with van der Waals surface area (Å²) in [6.45, 7) is 6.20. The molecule has 1 aromatic carbocycles. The highest BCUT2D eigenvalue weighted by Gasteiger charge is 1.99. The SMILES string of the molecule is CCNC(C)CCCCOc1ccc(OC)cc1. The number of rotatable bonds is 9. The molecule has 3 nitrogen and oxygen atoms in total. The molecule has 1 rings (SSSR count). The minimum atomic E-state index is 0.607. The van der Waals surface area contributed by atoms with E-state index in [4.69, 9.17) is 9.47 Å². The standard InChI is InChI=1S/C15H25NO2/c1-4-16-13(2)7-5-6-12-18-15-10-8-14(17-3)9-11-15/h8-11,13,16H,4-7,12H2,1-3H3. The first-order valence-corrected chi connectivity index (χ1v) is 6.76. The molecule has 0 heterocycles. The van der Waals surface area contributed by atoms with E-state index in [9.17, 15) is 0 Å². The minimum Gasteiger partial charge on any atom is -0.497 e. The van der Waals surface area contributed by atoms with E-state index in [1.807, 2.05) is 24.3 Å². The Balaban J connectivity index is 2.10. The summed E-state index contributed by atoms with van der Waals surface area (Å²) >= 11 is 0. The second kappa shape index (κ2) is 8.81. The van der Waals surface area contributed by atoms with Crippen LogP contribution in [0.4, 0.5) is 0 Å². The first kappa shape index (κ1) is 14.8. The van der Waals surface area contributed by atoms with Crippen molar-refractivity contribution in [2.75, 3.05) is 20.3 Å². The normalized spacial score (nSPS) is 12.2. The molecule has 18 heavy (non-hydrogen) atoms. The number of unbranched alkanes of at least 4 members (excludes halogenated alkanes) is 1. The molecular weight excluding hydrogens is 226 g/mol. The van der Waals surface area contributed by atoms with Crippen LogP contribution in [-0.4, -0.2) is 26.3 Å². The zero-order valence-electron chi connectivity index (χ0n) is 11.7. The Labute approximate surface area is 110 Å². The Morgan fingerprint density at radius 1 is 1.11 bits per heavy atom. The summed E-state index contributed by atoms with van der Waals surface area (Å²) < 4.78 is 10.8. The highest BCUT2D eigenvalue weighted by atomic mass is 16.5. The molecule has 0 spiro atoms. The number of methoxy groups -OCH3 is 1. The molecule has 0 saturated heterocycles. The molecule has 1 atom stereocenters. The van der Waals surface area contributed by atoms with Crippen molar-refractivity contribution in [2.45, 2.75) is 39.2 Å². The van der Waals surface area contributed by atoms with Gasteiger partial charge in [-0.3, -0.25) is 0 Å². The summed E-state index contributed by atoms with van der Waals surface area (Å²) in [5.41, 5.74) is 0. The first-order valence-electron chi connectivity index (χ1n) is 6.76. The molecule has 0 aliphatic heterocycles. The highest BCUT2D eigenvalue weighted by molar-refractivity contribution is 5.31. The van der Waals surface area contributed by atoms with Crippen LogP contribution >= 0.6 is 0 Å².